The van der Waals surface area contributed by atoms with Gasteiger partial charge in [0.05, 0.1) is 31.5 Å². The van der Waals surface area contributed by atoms with Crippen LogP contribution >= 0.6 is 27.5 Å². The molecule has 13 heteroatoms. The molecule has 11 nitrogen and oxygen atoms in total. The molecule has 3 aromatic rings. The molecule has 0 aliphatic carbocycles. The van der Waals surface area contributed by atoms with Crippen LogP contribution in [0.4, 0.5) is 4.79 Å². The van der Waals surface area contributed by atoms with Gasteiger partial charge in [-0.15, -0.1) is 0 Å². The molecule has 1 aliphatic heterocycles. The molecule has 0 unspecified atom stereocenters. The Balaban J connectivity index is 1.40. The van der Waals surface area contributed by atoms with E-state index in [1.54, 1.807) is 31.2 Å². The number of carbonyl (C=O) groups excluding carboxylic acids is 2. The molecule has 0 saturated carbocycles. The fourth-order valence-corrected chi connectivity index (χ4v) is 4.95. The molecule has 0 fully saturated rings. The predicted molar refractivity (Wildman–Crippen MR) is 169 cm³/mol. The van der Waals surface area contributed by atoms with E-state index in [0.717, 1.165) is 10.0 Å². The van der Waals surface area contributed by atoms with Gasteiger partial charge in [0.1, 0.15) is 19.0 Å². The molecule has 1 heterocycles. The maximum Gasteiger partial charge on any atom is 0.337 e. The number of allylic oxidation sites excluding steroid dienone is 1. The number of amides is 2. The van der Waals surface area contributed by atoms with Crippen LogP contribution in [0, 0.1) is 0 Å². The molecule has 4 N–H and O–H groups in total. The molecule has 3 aromatic carbocycles. The van der Waals surface area contributed by atoms with Crippen LogP contribution in [0.25, 0.3) is 0 Å². The monoisotopic (exact) mass is 686 g/mol. The Kier molecular flexibility index (Phi) is 11.5. The molecule has 0 aromatic heterocycles. The van der Waals surface area contributed by atoms with Gasteiger partial charge in [0, 0.05) is 20.8 Å². The highest BCUT2D eigenvalue weighted by Gasteiger charge is 2.32. The normalized spacial score (nSPS) is 15.3. The summed E-state index contributed by atoms with van der Waals surface area (Å²) in [6.45, 7) is 3.92. The molecule has 44 heavy (non-hydrogen) atoms. The molecular formula is C31H32BrClN4O7. The first-order chi connectivity index (χ1) is 21.2. The molecule has 4 rings (SSSR count). The molecule has 232 valence electrons. The Labute approximate surface area is 268 Å². The van der Waals surface area contributed by atoms with Crippen LogP contribution in [0.2, 0.25) is 5.02 Å². The second kappa shape index (κ2) is 15.5. The second-order valence-corrected chi connectivity index (χ2v) is 10.9. The van der Waals surface area contributed by atoms with Crippen LogP contribution in [-0.2, 0) is 16.1 Å². The number of benzene rings is 3. The van der Waals surface area contributed by atoms with Crippen LogP contribution in [0.5, 0.6) is 17.2 Å². The maximum absolute atomic E-state index is 12.5. The third kappa shape index (κ3) is 8.65. The Morgan fingerprint density at radius 1 is 1.11 bits per heavy atom. The summed E-state index contributed by atoms with van der Waals surface area (Å²) in [5, 5.41) is 20.6. The van der Waals surface area contributed by atoms with Crippen molar-refractivity contribution < 1.29 is 33.6 Å². The summed E-state index contributed by atoms with van der Waals surface area (Å²) in [7, 11) is 1.27. The quantitative estimate of drug-likeness (QED) is 0.0833. The second-order valence-electron chi connectivity index (χ2n) is 9.52. The zero-order chi connectivity index (χ0) is 31.6. The molecule has 0 radical (unpaired) electrons. The van der Waals surface area contributed by atoms with Crippen LogP contribution in [-0.4, -0.2) is 49.9 Å². The van der Waals surface area contributed by atoms with Crippen molar-refractivity contribution in [3.05, 3.63) is 98.1 Å². The van der Waals surface area contributed by atoms with Gasteiger partial charge in [-0.2, -0.15) is 5.10 Å². The molecule has 2 atom stereocenters. The van der Waals surface area contributed by atoms with Gasteiger partial charge in [-0.05, 0) is 67.4 Å². The van der Waals surface area contributed by atoms with E-state index < -0.39 is 24.3 Å². The standard InChI is InChI=1S/C31H32BrClN4O7/c1-4-42-26-14-20(29-28(30(39)41-3)18(2)35-31(40)36-29)8-10-25(26)44-17-27(38)37-34-15-21-13-22(32)9-11-24(21)43-16-19-6-5-7-23(33)12-19/h5-15,27,29,37-38H,4,16-17H2,1-3H3,(H2,35,36,40)/b34-15+/t27-,29-/m0/s1. The number of hydrazone groups is 1. The van der Waals surface area contributed by atoms with E-state index in [1.807, 2.05) is 43.3 Å². The number of methoxy groups -OCH3 is 1. The Morgan fingerprint density at radius 3 is 2.66 bits per heavy atom. The SMILES string of the molecule is CCOc1cc([C@@H]2NC(=O)NC(C)=C2C(=O)OC)ccc1OC[C@H](O)N/N=C/c1cc(Br)ccc1OCc1cccc(Cl)c1. The Morgan fingerprint density at radius 2 is 1.91 bits per heavy atom. The van der Waals surface area contributed by atoms with Crippen molar-refractivity contribution in [2.75, 3.05) is 20.3 Å². The van der Waals surface area contributed by atoms with E-state index in [1.165, 1.54) is 13.3 Å². The highest BCUT2D eigenvalue weighted by atomic mass is 79.9. The van der Waals surface area contributed by atoms with Crippen LogP contribution in [0.1, 0.15) is 36.6 Å². The molecule has 1 aliphatic rings. The van der Waals surface area contributed by atoms with E-state index in [0.29, 0.717) is 52.3 Å². The van der Waals surface area contributed by atoms with Crippen LogP contribution < -0.4 is 30.3 Å². The maximum atomic E-state index is 12.5. The lowest BCUT2D eigenvalue weighted by molar-refractivity contribution is -0.136. The van der Waals surface area contributed by atoms with E-state index in [9.17, 15) is 14.7 Å². The van der Waals surface area contributed by atoms with Crippen molar-refractivity contribution in [2.45, 2.75) is 32.7 Å². The fourth-order valence-electron chi connectivity index (χ4n) is 4.35. The van der Waals surface area contributed by atoms with Crippen molar-refractivity contribution in [3.8, 4) is 17.2 Å². The number of carbonyl (C=O) groups is 2. The number of nitrogens with zero attached hydrogens (tertiary/aromatic N) is 1. The Hall–Kier alpha value is -4.26. The summed E-state index contributed by atoms with van der Waals surface area (Å²) in [4.78, 5) is 24.6. The van der Waals surface area contributed by atoms with Crippen molar-refractivity contribution in [2.24, 2.45) is 5.10 Å². The van der Waals surface area contributed by atoms with Gasteiger partial charge in [0.2, 0.25) is 0 Å². The molecule has 0 spiro atoms. The number of halogens is 2. The fraction of sp³-hybridized carbons (Fsp3) is 0.258. The minimum atomic E-state index is -1.16. The van der Waals surface area contributed by atoms with Gasteiger partial charge in [-0.3, -0.25) is 5.43 Å². The van der Waals surface area contributed by atoms with E-state index in [4.69, 9.17) is 30.5 Å². The van der Waals surface area contributed by atoms with E-state index >= 15 is 0 Å². The summed E-state index contributed by atoms with van der Waals surface area (Å²) in [6, 6.07) is 16.7. The minimum absolute atomic E-state index is 0.163. The first-order valence-electron chi connectivity index (χ1n) is 13.6. The van der Waals surface area contributed by atoms with Gasteiger partial charge in [-0.25, -0.2) is 9.59 Å². The summed E-state index contributed by atoms with van der Waals surface area (Å²) < 4.78 is 23.3. The third-order valence-corrected chi connectivity index (χ3v) is 7.08. The average Bonchev–Trinajstić information content (AvgIpc) is 2.99. The first-order valence-corrected chi connectivity index (χ1v) is 14.7. The number of nitrogens with one attached hydrogen (secondary N) is 3. The first kappa shape index (κ1) is 32.6. The highest BCUT2D eigenvalue weighted by molar-refractivity contribution is 9.10. The zero-order valence-electron chi connectivity index (χ0n) is 24.2. The summed E-state index contributed by atoms with van der Waals surface area (Å²) in [6.07, 6.45) is 0.368. The number of esters is 1. The van der Waals surface area contributed by atoms with Crippen molar-refractivity contribution in [1.82, 2.24) is 16.1 Å². The number of rotatable bonds is 13. The average molecular weight is 688 g/mol. The lowest BCUT2D eigenvalue weighted by atomic mass is 9.95. The smallest absolute Gasteiger partial charge is 0.337 e. The van der Waals surface area contributed by atoms with E-state index in [2.05, 4.69) is 37.1 Å². The van der Waals surface area contributed by atoms with Crippen LogP contribution in [0.15, 0.2) is 81.5 Å². The predicted octanol–water partition coefficient (Wildman–Crippen LogP) is 5.20. The summed E-state index contributed by atoms with van der Waals surface area (Å²) >= 11 is 9.53. The largest absolute Gasteiger partial charge is 0.490 e. The van der Waals surface area contributed by atoms with Crippen molar-refractivity contribution in [1.29, 1.82) is 0 Å². The van der Waals surface area contributed by atoms with Gasteiger partial charge >= 0.3 is 12.0 Å². The lowest BCUT2D eigenvalue weighted by Crippen LogP contribution is -2.45. The summed E-state index contributed by atoms with van der Waals surface area (Å²) in [5.41, 5.74) is 5.48. The van der Waals surface area contributed by atoms with Crippen molar-refractivity contribution >= 4 is 45.7 Å². The van der Waals surface area contributed by atoms with Gasteiger partial charge in [0.25, 0.3) is 0 Å². The van der Waals surface area contributed by atoms with Gasteiger partial charge in [0.15, 0.2) is 17.7 Å². The number of ether oxygens (including phenoxy) is 4. The Bertz CT molecular complexity index is 1570. The highest BCUT2D eigenvalue weighted by Crippen LogP contribution is 2.35. The lowest BCUT2D eigenvalue weighted by Gasteiger charge is -2.28. The van der Waals surface area contributed by atoms with Crippen molar-refractivity contribution in [3.63, 3.8) is 0 Å². The zero-order valence-corrected chi connectivity index (χ0v) is 26.6. The molecular weight excluding hydrogens is 656 g/mol. The van der Waals surface area contributed by atoms with Crippen LogP contribution in [0.3, 0.4) is 0 Å². The molecule has 0 saturated heterocycles. The number of urea groups is 1. The minimum Gasteiger partial charge on any atom is -0.490 e. The van der Waals surface area contributed by atoms with Gasteiger partial charge in [-0.1, -0.05) is 45.7 Å². The topological polar surface area (TPSA) is 140 Å². The number of aliphatic hydroxyl groups is 1. The summed E-state index contributed by atoms with van der Waals surface area (Å²) in [5.74, 6) is 0.739. The van der Waals surface area contributed by atoms with Gasteiger partial charge < -0.3 is 34.7 Å². The number of hydrogen-bond donors (Lipinski definition) is 4. The number of hydrogen-bond acceptors (Lipinski definition) is 9. The number of aliphatic hydroxyl groups excluding tert-OH is 1. The van der Waals surface area contributed by atoms with E-state index in [-0.39, 0.29) is 12.2 Å². The third-order valence-electron chi connectivity index (χ3n) is 6.35. The molecule has 2 amide bonds. The molecule has 0 bridgehead atoms.